The van der Waals surface area contributed by atoms with Crippen LogP contribution in [0.5, 0.6) is 0 Å². The van der Waals surface area contributed by atoms with Gasteiger partial charge in [-0.2, -0.15) is 0 Å². The normalized spacial score (nSPS) is 15.8. The molecule has 1 N–H and O–H groups in total. The van der Waals surface area contributed by atoms with Gasteiger partial charge in [0, 0.05) is 12.6 Å². The second-order valence-electron chi connectivity index (χ2n) is 5.38. The highest BCUT2D eigenvalue weighted by Gasteiger charge is 2.21. The van der Waals surface area contributed by atoms with Crippen molar-refractivity contribution in [2.75, 3.05) is 6.61 Å². The maximum absolute atomic E-state index is 5.79. The van der Waals surface area contributed by atoms with Crippen LogP contribution in [0.4, 0.5) is 0 Å². The number of hydrogen-bond acceptors (Lipinski definition) is 3. The van der Waals surface area contributed by atoms with Crippen LogP contribution >= 0.6 is 0 Å². The number of rotatable bonds is 7. The third kappa shape index (κ3) is 4.17. The van der Waals surface area contributed by atoms with E-state index in [0.29, 0.717) is 12.5 Å². The molecule has 0 spiro atoms. The molecule has 0 aromatic carbocycles. The fourth-order valence-electron chi connectivity index (χ4n) is 1.76. The van der Waals surface area contributed by atoms with Crippen LogP contribution in [0.3, 0.4) is 0 Å². The van der Waals surface area contributed by atoms with Crippen LogP contribution in [0.25, 0.3) is 0 Å². The lowest BCUT2D eigenvalue weighted by Crippen LogP contribution is -2.15. The molecule has 0 amide bonds. The van der Waals surface area contributed by atoms with E-state index in [4.69, 9.17) is 9.15 Å². The highest BCUT2D eigenvalue weighted by molar-refractivity contribution is 5.19. The molecule has 1 aliphatic rings. The zero-order valence-corrected chi connectivity index (χ0v) is 11.1. The van der Waals surface area contributed by atoms with E-state index in [2.05, 4.69) is 32.2 Å². The van der Waals surface area contributed by atoms with E-state index in [1.54, 1.807) is 0 Å². The van der Waals surface area contributed by atoms with Crippen molar-refractivity contribution in [3.8, 4) is 0 Å². The van der Waals surface area contributed by atoms with Gasteiger partial charge in [-0.05, 0) is 37.3 Å². The van der Waals surface area contributed by atoms with E-state index < -0.39 is 0 Å². The molecule has 3 heteroatoms. The molecule has 1 heterocycles. The molecule has 0 atom stereocenters. The molecular weight excluding hydrogens is 214 g/mol. The van der Waals surface area contributed by atoms with Crippen molar-refractivity contribution >= 4 is 0 Å². The van der Waals surface area contributed by atoms with Gasteiger partial charge in [-0.25, -0.2) is 0 Å². The van der Waals surface area contributed by atoms with E-state index in [0.717, 1.165) is 30.7 Å². The fraction of sp³-hybridized carbons (Fsp3) is 0.714. The van der Waals surface area contributed by atoms with Crippen LogP contribution in [0.15, 0.2) is 10.5 Å². The third-order valence-corrected chi connectivity index (χ3v) is 2.90. The van der Waals surface area contributed by atoms with E-state index in [1.165, 1.54) is 18.4 Å². The Hall–Kier alpha value is -0.800. The Kier molecular flexibility index (Phi) is 4.24. The van der Waals surface area contributed by atoms with Crippen molar-refractivity contribution < 1.29 is 9.15 Å². The minimum Gasteiger partial charge on any atom is -0.462 e. The smallest absolute Gasteiger partial charge is 0.130 e. The summed E-state index contributed by atoms with van der Waals surface area (Å²) in [7, 11) is 0. The lowest BCUT2D eigenvalue weighted by molar-refractivity contribution is 0.0837. The molecule has 1 aliphatic carbocycles. The zero-order chi connectivity index (χ0) is 12.3. The molecule has 96 valence electrons. The van der Waals surface area contributed by atoms with Gasteiger partial charge in [0.15, 0.2) is 0 Å². The minimum absolute atomic E-state index is 0.571. The summed E-state index contributed by atoms with van der Waals surface area (Å²) >= 11 is 0. The number of nitrogens with one attached hydrogen (secondary N) is 1. The number of hydrogen-bond donors (Lipinski definition) is 1. The van der Waals surface area contributed by atoms with Crippen molar-refractivity contribution in [1.82, 2.24) is 5.32 Å². The SMILES string of the molecule is Cc1cc(COCC(C)C)oc1CNC1CC1. The predicted molar refractivity (Wildman–Crippen MR) is 67.8 cm³/mol. The summed E-state index contributed by atoms with van der Waals surface area (Å²) < 4.78 is 11.4. The lowest BCUT2D eigenvalue weighted by Gasteiger charge is -2.04. The molecule has 1 aromatic heterocycles. The average Bonchev–Trinajstić information content (AvgIpc) is 3.01. The summed E-state index contributed by atoms with van der Waals surface area (Å²) in [5.41, 5.74) is 1.22. The molecule has 2 rings (SSSR count). The Bertz CT molecular complexity index is 353. The molecule has 17 heavy (non-hydrogen) atoms. The molecule has 3 nitrogen and oxygen atoms in total. The van der Waals surface area contributed by atoms with Gasteiger partial charge in [0.25, 0.3) is 0 Å². The molecule has 0 radical (unpaired) electrons. The van der Waals surface area contributed by atoms with Crippen molar-refractivity contribution in [2.45, 2.75) is 52.8 Å². The summed E-state index contributed by atoms with van der Waals surface area (Å²) in [4.78, 5) is 0. The maximum Gasteiger partial charge on any atom is 0.130 e. The Morgan fingerprint density at radius 2 is 2.24 bits per heavy atom. The second kappa shape index (κ2) is 5.69. The summed E-state index contributed by atoms with van der Waals surface area (Å²) in [6.45, 7) is 8.62. The van der Waals surface area contributed by atoms with Crippen LogP contribution in [-0.4, -0.2) is 12.6 Å². The summed E-state index contributed by atoms with van der Waals surface area (Å²) in [5.74, 6) is 2.57. The Balaban J connectivity index is 1.79. The number of ether oxygens (including phenoxy) is 1. The van der Waals surface area contributed by atoms with Crippen LogP contribution in [0, 0.1) is 12.8 Å². The van der Waals surface area contributed by atoms with Gasteiger partial charge in [0.2, 0.25) is 0 Å². The van der Waals surface area contributed by atoms with Crippen molar-refractivity contribution in [1.29, 1.82) is 0 Å². The standard InChI is InChI=1S/C14H23NO2/c1-10(2)8-16-9-13-6-11(3)14(17-13)7-15-12-4-5-12/h6,10,12,15H,4-5,7-9H2,1-3H3. The minimum atomic E-state index is 0.571. The van der Waals surface area contributed by atoms with Crippen LogP contribution in [-0.2, 0) is 17.9 Å². The van der Waals surface area contributed by atoms with Gasteiger partial charge in [0.05, 0.1) is 6.54 Å². The fourth-order valence-corrected chi connectivity index (χ4v) is 1.76. The largest absolute Gasteiger partial charge is 0.462 e. The Morgan fingerprint density at radius 3 is 2.88 bits per heavy atom. The lowest BCUT2D eigenvalue weighted by atomic mass is 10.2. The third-order valence-electron chi connectivity index (χ3n) is 2.90. The molecule has 0 aliphatic heterocycles. The molecule has 0 unspecified atom stereocenters. The number of aryl methyl sites for hydroxylation is 1. The average molecular weight is 237 g/mol. The van der Waals surface area contributed by atoms with E-state index >= 15 is 0 Å². The zero-order valence-electron chi connectivity index (χ0n) is 11.1. The molecule has 1 saturated carbocycles. The van der Waals surface area contributed by atoms with Crippen LogP contribution < -0.4 is 5.32 Å². The molecule has 0 saturated heterocycles. The van der Waals surface area contributed by atoms with Gasteiger partial charge in [-0.1, -0.05) is 13.8 Å². The molecular formula is C14H23NO2. The summed E-state index contributed by atoms with van der Waals surface area (Å²) in [5, 5.41) is 3.47. The summed E-state index contributed by atoms with van der Waals surface area (Å²) in [6, 6.07) is 2.81. The topological polar surface area (TPSA) is 34.4 Å². The molecule has 1 aromatic rings. The second-order valence-corrected chi connectivity index (χ2v) is 5.38. The molecule has 1 fully saturated rings. The van der Waals surface area contributed by atoms with Crippen molar-refractivity contribution in [2.24, 2.45) is 5.92 Å². The van der Waals surface area contributed by atoms with Gasteiger partial charge in [0.1, 0.15) is 18.1 Å². The van der Waals surface area contributed by atoms with Crippen molar-refractivity contribution in [3.63, 3.8) is 0 Å². The highest BCUT2D eigenvalue weighted by atomic mass is 16.5. The Labute approximate surface area is 104 Å². The first kappa shape index (κ1) is 12.7. The Morgan fingerprint density at radius 1 is 1.47 bits per heavy atom. The van der Waals surface area contributed by atoms with Gasteiger partial charge in [-0.15, -0.1) is 0 Å². The number of furan rings is 1. The highest BCUT2D eigenvalue weighted by Crippen LogP contribution is 2.21. The van der Waals surface area contributed by atoms with Gasteiger partial charge in [-0.3, -0.25) is 0 Å². The van der Waals surface area contributed by atoms with Crippen LogP contribution in [0.1, 0.15) is 43.8 Å². The maximum atomic E-state index is 5.79. The van der Waals surface area contributed by atoms with Crippen molar-refractivity contribution in [3.05, 3.63) is 23.2 Å². The first-order valence-electron chi connectivity index (χ1n) is 6.54. The summed E-state index contributed by atoms with van der Waals surface area (Å²) in [6.07, 6.45) is 2.62. The first-order chi connectivity index (χ1) is 8.15. The quantitative estimate of drug-likeness (QED) is 0.791. The predicted octanol–water partition coefficient (Wildman–Crippen LogP) is 3.01. The van der Waals surface area contributed by atoms with E-state index in [9.17, 15) is 0 Å². The molecule has 0 bridgehead atoms. The van der Waals surface area contributed by atoms with Crippen LogP contribution in [0.2, 0.25) is 0 Å². The van der Waals surface area contributed by atoms with Gasteiger partial charge >= 0.3 is 0 Å². The van der Waals surface area contributed by atoms with E-state index in [-0.39, 0.29) is 0 Å². The monoisotopic (exact) mass is 237 g/mol. The first-order valence-corrected chi connectivity index (χ1v) is 6.54. The van der Waals surface area contributed by atoms with Gasteiger partial charge < -0.3 is 14.5 Å². The van der Waals surface area contributed by atoms with E-state index in [1.807, 2.05) is 0 Å².